The van der Waals surface area contributed by atoms with Gasteiger partial charge in [0.15, 0.2) is 0 Å². The molecule has 2 nitrogen and oxygen atoms in total. The topological polar surface area (TPSA) is 38.0 Å². The second-order valence-electron chi connectivity index (χ2n) is 3.49. The van der Waals surface area contributed by atoms with E-state index < -0.39 is 18.9 Å². The van der Waals surface area contributed by atoms with Gasteiger partial charge in [-0.05, 0) is 30.7 Å². The third-order valence-electron chi connectivity index (χ3n) is 2.12. The summed E-state index contributed by atoms with van der Waals surface area (Å²) in [4.78, 5) is 0. The van der Waals surface area contributed by atoms with E-state index >= 15 is 0 Å². The third-order valence-corrected chi connectivity index (χ3v) is 2.12. The van der Waals surface area contributed by atoms with Gasteiger partial charge in [0.2, 0.25) is 0 Å². The second-order valence-corrected chi connectivity index (χ2v) is 3.49. The fraction of sp³-hybridized carbons (Fsp3) is 0.400. The Labute approximate surface area is 90.4 Å². The summed E-state index contributed by atoms with van der Waals surface area (Å²) >= 11 is 0. The molecular weight excluding hydrogens is 224 g/mol. The zero-order valence-electron chi connectivity index (χ0n) is 8.61. The van der Waals surface area contributed by atoms with Gasteiger partial charge in [0.1, 0.15) is 0 Å². The number of halogens is 4. The van der Waals surface area contributed by atoms with Gasteiger partial charge in [-0.25, -0.2) is 8.78 Å². The van der Waals surface area contributed by atoms with Crippen LogP contribution >= 0.6 is 0 Å². The molecule has 0 saturated carbocycles. The summed E-state index contributed by atoms with van der Waals surface area (Å²) in [5, 5.41) is 2.25. The Kier molecular flexibility index (Phi) is 3.62. The Bertz CT molecular complexity index is 366. The van der Waals surface area contributed by atoms with Crippen LogP contribution in [0.15, 0.2) is 18.2 Å². The van der Waals surface area contributed by atoms with E-state index in [1.165, 1.54) is 18.2 Å². The van der Waals surface area contributed by atoms with Crippen LogP contribution in [0.25, 0.3) is 0 Å². The van der Waals surface area contributed by atoms with Crippen molar-refractivity contribution in [1.82, 2.24) is 0 Å². The number of rotatable bonds is 4. The molecule has 0 unspecified atom stereocenters. The molecular formula is C10H12F4N2. The monoisotopic (exact) mass is 236 g/mol. The Morgan fingerprint density at radius 1 is 1.38 bits per heavy atom. The maximum atomic E-state index is 12.6. The summed E-state index contributed by atoms with van der Waals surface area (Å²) in [5.74, 6) is -4.03. The highest BCUT2D eigenvalue weighted by molar-refractivity contribution is 5.56. The first-order valence-corrected chi connectivity index (χ1v) is 4.59. The van der Waals surface area contributed by atoms with Crippen molar-refractivity contribution in [3.05, 3.63) is 23.8 Å². The third kappa shape index (κ3) is 3.01. The average Bonchev–Trinajstić information content (AvgIpc) is 2.20. The van der Waals surface area contributed by atoms with Crippen LogP contribution in [0.2, 0.25) is 0 Å². The van der Waals surface area contributed by atoms with Gasteiger partial charge in [0.05, 0.1) is 6.54 Å². The number of anilines is 2. The van der Waals surface area contributed by atoms with Crippen molar-refractivity contribution in [1.29, 1.82) is 0 Å². The molecule has 0 atom stereocenters. The lowest BCUT2D eigenvalue weighted by atomic mass is 10.2. The molecule has 0 aliphatic carbocycles. The van der Waals surface area contributed by atoms with Crippen LogP contribution in [0, 0.1) is 6.92 Å². The summed E-state index contributed by atoms with van der Waals surface area (Å²) in [6.45, 7) is 0.597. The summed E-state index contributed by atoms with van der Waals surface area (Å²) in [6, 6.07) is 4.51. The molecule has 1 rings (SSSR count). The predicted octanol–water partition coefficient (Wildman–Crippen LogP) is 2.89. The highest BCUT2D eigenvalue weighted by atomic mass is 19.3. The molecule has 0 radical (unpaired) electrons. The Morgan fingerprint density at radius 3 is 2.50 bits per heavy atom. The first-order chi connectivity index (χ1) is 7.33. The first-order valence-electron chi connectivity index (χ1n) is 4.59. The van der Waals surface area contributed by atoms with Crippen molar-refractivity contribution >= 4 is 11.4 Å². The molecule has 0 fully saturated rings. The number of aryl methyl sites for hydroxylation is 1. The number of hydrogen-bond acceptors (Lipinski definition) is 2. The Balaban J connectivity index is 2.65. The molecule has 1 aromatic rings. The standard InChI is InChI=1S/C10H12F4N2/c1-6-4-7(2-3-8(6)15)16-5-10(13,14)9(11)12/h2-4,9,16H,5,15H2,1H3. The molecule has 1 aromatic carbocycles. The van der Waals surface area contributed by atoms with Gasteiger partial charge in [-0.2, -0.15) is 8.78 Å². The average molecular weight is 236 g/mol. The normalized spacial score (nSPS) is 11.9. The minimum Gasteiger partial charge on any atom is -0.399 e. The van der Waals surface area contributed by atoms with E-state index in [1.807, 2.05) is 0 Å². The molecule has 6 heteroatoms. The van der Waals surface area contributed by atoms with E-state index in [0.29, 0.717) is 16.9 Å². The van der Waals surface area contributed by atoms with Crippen LogP contribution in [0.1, 0.15) is 5.56 Å². The first kappa shape index (κ1) is 12.6. The van der Waals surface area contributed by atoms with Gasteiger partial charge in [-0.15, -0.1) is 0 Å². The highest BCUT2D eigenvalue weighted by Crippen LogP contribution is 2.24. The zero-order chi connectivity index (χ0) is 12.3. The van der Waals surface area contributed by atoms with E-state index in [0.717, 1.165) is 0 Å². The molecule has 16 heavy (non-hydrogen) atoms. The fourth-order valence-electron chi connectivity index (χ4n) is 1.08. The number of nitrogens with one attached hydrogen (secondary N) is 1. The van der Waals surface area contributed by atoms with Crippen molar-refractivity contribution in [2.75, 3.05) is 17.6 Å². The zero-order valence-corrected chi connectivity index (χ0v) is 8.61. The molecule has 0 bridgehead atoms. The molecule has 0 aromatic heterocycles. The van der Waals surface area contributed by atoms with Gasteiger partial charge in [0.25, 0.3) is 0 Å². The van der Waals surface area contributed by atoms with Crippen molar-refractivity contribution in [2.45, 2.75) is 19.3 Å². The van der Waals surface area contributed by atoms with E-state index in [1.54, 1.807) is 6.92 Å². The largest absolute Gasteiger partial charge is 0.399 e. The fourth-order valence-corrected chi connectivity index (χ4v) is 1.08. The lowest BCUT2D eigenvalue weighted by molar-refractivity contribution is -0.117. The Morgan fingerprint density at radius 2 is 2.00 bits per heavy atom. The summed E-state index contributed by atoms with van der Waals surface area (Å²) < 4.78 is 48.8. The van der Waals surface area contributed by atoms with E-state index in [9.17, 15) is 17.6 Å². The van der Waals surface area contributed by atoms with E-state index in [-0.39, 0.29) is 0 Å². The van der Waals surface area contributed by atoms with Gasteiger partial charge >= 0.3 is 12.3 Å². The molecule has 3 N–H and O–H groups in total. The molecule has 0 saturated heterocycles. The lowest BCUT2D eigenvalue weighted by Gasteiger charge is -2.17. The van der Waals surface area contributed by atoms with Crippen LogP contribution in [-0.2, 0) is 0 Å². The van der Waals surface area contributed by atoms with Gasteiger partial charge in [-0.3, -0.25) is 0 Å². The number of hydrogen-bond donors (Lipinski definition) is 2. The quantitative estimate of drug-likeness (QED) is 0.623. The van der Waals surface area contributed by atoms with E-state index in [4.69, 9.17) is 5.73 Å². The van der Waals surface area contributed by atoms with Crippen LogP contribution in [0.3, 0.4) is 0 Å². The smallest absolute Gasteiger partial charge is 0.324 e. The number of alkyl halides is 4. The lowest BCUT2D eigenvalue weighted by Crippen LogP contribution is -2.34. The summed E-state index contributed by atoms with van der Waals surface area (Å²) in [6.07, 6.45) is -3.67. The molecule has 0 aliphatic heterocycles. The number of nitrogen functional groups attached to an aromatic ring is 1. The van der Waals surface area contributed by atoms with Crippen LogP contribution in [0.4, 0.5) is 28.9 Å². The second kappa shape index (κ2) is 4.59. The Hall–Kier alpha value is -1.46. The van der Waals surface area contributed by atoms with Gasteiger partial charge in [-0.1, -0.05) is 0 Å². The highest BCUT2D eigenvalue weighted by Gasteiger charge is 2.40. The van der Waals surface area contributed by atoms with Crippen molar-refractivity contribution in [2.24, 2.45) is 0 Å². The van der Waals surface area contributed by atoms with E-state index in [2.05, 4.69) is 5.32 Å². The number of nitrogens with two attached hydrogens (primary N) is 1. The number of benzene rings is 1. The van der Waals surface area contributed by atoms with Crippen molar-refractivity contribution < 1.29 is 17.6 Å². The van der Waals surface area contributed by atoms with Crippen LogP contribution in [0.5, 0.6) is 0 Å². The van der Waals surface area contributed by atoms with Crippen LogP contribution in [-0.4, -0.2) is 18.9 Å². The van der Waals surface area contributed by atoms with Crippen LogP contribution < -0.4 is 11.1 Å². The minimum absolute atomic E-state index is 0.340. The minimum atomic E-state index is -4.03. The summed E-state index contributed by atoms with van der Waals surface area (Å²) in [5.41, 5.74) is 7.08. The predicted molar refractivity (Wildman–Crippen MR) is 55.0 cm³/mol. The SMILES string of the molecule is Cc1cc(NCC(F)(F)C(F)F)ccc1N. The maximum Gasteiger partial charge on any atom is 0.324 e. The molecule has 0 aliphatic rings. The molecule has 90 valence electrons. The maximum absolute atomic E-state index is 12.6. The van der Waals surface area contributed by atoms with Gasteiger partial charge in [0, 0.05) is 11.4 Å². The molecule has 0 amide bonds. The molecule has 0 heterocycles. The molecule has 0 spiro atoms. The van der Waals surface area contributed by atoms with Crippen molar-refractivity contribution in [3.63, 3.8) is 0 Å². The van der Waals surface area contributed by atoms with Gasteiger partial charge < -0.3 is 11.1 Å². The summed E-state index contributed by atoms with van der Waals surface area (Å²) in [7, 11) is 0. The van der Waals surface area contributed by atoms with Crippen molar-refractivity contribution in [3.8, 4) is 0 Å².